The standard InChI is InChI=1S/C37H65N2/c1-3-5-7-9-11-13-15-16-17-19-21-23-28-32-39-34-33-38(37(39)35-36-29-25-24-26-30-36)31-27-22-20-18-14-12-10-8-6-4-2/h24-26,29-30,33-34H,3-23,27-28,31-32,35H2,1-2H3/q+1. The van der Waals surface area contributed by atoms with Gasteiger partial charge >= 0.3 is 0 Å². The molecule has 1 heterocycles. The molecule has 2 nitrogen and oxygen atoms in total. The third-order valence-electron chi connectivity index (χ3n) is 8.55. The second-order valence-electron chi connectivity index (χ2n) is 12.2. The molecule has 0 radical (unpaired) electrons. The van der Waals surface area contributed by atoms with Crippen LogP contribution >= 0.6 is 0 Å². The third kappa shape index (κ3) is 17.0. The van der Waals surface area contributed by atoms with Gasteiger partial charge in [0.05, 0.1) is 19.5 Å². The third-order valence-corrected chi connectivity index (χ3v) is 8.55. The highest BCUT2D eigenvalue weighted by Crippen LogP contribution is 2.14. The Balaban J connectivity index is 1.64. The first-order valence-corrected chi connectivity index (χ1v) is 17.5. The molecule has 39 heavy (non-hydrogen) atoms. The highest BCUT2D eigenvalue weighted by molar-refractivity contribution is 5.18. The maximum Gasteiger partial charge on any atom is 0.260 e. The molecule has 0 amide bonds. The van der Waals surface area contributed by atoms with E-state index in [2.05, 4.69) is 65.7 Å². The van der Waals surface area contributed by atoms with Gasteiger partial charge in [0.1, 0.15) is 12.4 Å². The van der Waals surface area contributed by atoms with Crippen LogP contribution in [0, 0.1) is 0 Å². The van der Waals surface area contributed by atoms with Crippen LogP contribution in [0.2, 0.25) is 0 Å². The van der Waals surface area contributed by atoms with E-state index < -0.39 is 0 Å². The van der Waals surface area contributed by atoms with Gasteiger partial charge in [-0.15, -0.1) is 0 Å². The molecule has 1 aromatic heterocycles. The van der Waals surface area contributed by atoms with Gasteiger partial charge < -0.3 is 0 Å². The summed E-state index contributed by atoms with van der Waals surface area (Å²) < 4.78 is 5.11. The molecule has 2 aromatic rings. The Hall–Kier alpha value is -1.57. The molecule has 0 N–H and O–H groups in total. The number of hydrogen-bond acceptors (Lipinski definition) is 0. The van der Waals surface area contributed by atoms with Crippen molar-refractivity contribution in [2.75, 3.05) is 0 Å². The van der Waals surface area contributed by atoms with Crippen LogP contribution in [0.5, 0.6) is 0 Å². The number of aryl methyl sites for hydroxylation is 2. The summed E-state index contributed by atoms with van der Waals surface area (Å²) in [7, 11) is 0. The first-order valence-electron chi connectivity index (χ1n) is 17.5. The molecule has 0 fully saturated rings. The molecule has 0 aliphatic heterocycles. The van der Waals surface area contributed by atoms with E-state index in [-0.39, 0.29) is 0 Å². The number of nitrogens with zero attached hydrogens (tertiary/aromatic N) is 2. The Morgan fingerprint density at radius 3 is 1.44 bits per heavy atom. The molecule has 0 unspecified atom stereocenters. The summed E-state index contributed by atoms with van der Waals surface area (Å²) in [4.78, 5) is 0. The minimum Gasteiger partial charge on any atom is -0.234 e. The second-order valence-corrected chi connectivity index (χ2v) is 12.2. The first kappa shape index (κ1) is 33.6. The smallest absolute Gasteiger partial charge is 0.234 e. The molecule has 0 aliphatic carbocycles. The second kappa shape index (κ2) is 24.2. The molecule has 222 valence electrons. The SMILES string of the molecule is CCCCCCCCCCCCCCC[n+]1ccn(CCCCCCCCCCCC)c1Cc1ccccc1. The summed E-state index contributed by atoms with van der Waals surface area (Å²) >= 11 is 0. The minimum absolute atomic E-state index is 1.05. The fourth-order valence-electron chi connectivity index (χ4n) is 5.96. The predicted molar refractivity (Wildman–Crippen MR) is 171 cm³/mol. The van der Waals surface area contributed by atoms with Gasteiger partial charge in [-0.3, -0.25) is 0 Å². The van der Waals surface area contributed by atoms with Crippen molar-refractivity contribution in [2.45, 2.75) is 181 Å². The number of unbranched alkanes of at least 4 members (excludes halogenated alkanes) is 21. The number of hydrogen-bond donors (Lipinski definition) is 0. The average molecular weight is 538 g/mol. The molecule has 2 rings (SSSR count). The van der Waals surface area contributed by atoms with Gasteiger partial charge in [-0.25, -0.2) is 9.13 Å². The van der Waals surface area contributed by atoms with E-state index in [1.807, 2.05) is 0 Å². The number of aromatic nitrogens is 2. The van der Waals surface area contributed by atoms with E-state index in [9.17, 15) is 0 Å². The molecule has 0 bridgehead atoms. The van der Waals surface area contributed by atoms with E-state index in [4.69, 9.17) is 0 Å². The van der Waals surface area contributed by atoms with E-state index >= 15 is 0 Å². The molecule has 0 saturated carbocycles. The summed E-state index contributed by atoms with van der Waals surface area (Å²) in [5.74, 6) is 1.50. The summed E-state index contributed by atoms with van der Waals surface area (Å²) in [5, 5.41) is 0. The molecule has 0 atom stereocenters. The van der Waals surface area contributed by atoms with Gasteiger partial charge in [0, 0.05) is 0 Å². The lowest BCUT2D eigenvalue weighted by molar-refractivity contribution is -0.703. The van der Waals surface area contributed by atoms with Crippen molar-refractivity contribution < 1.29 is 4.57 Å². The fourth-order valence-corrected chi connectivity index (χ4v) is 5.96. The number of rotatable bonds is 27. The fraction of sp³-hybridized carbons (Fsp3) is 0.757. The predicted octanol–water partition coefficient (Wildman–Crippen LogP) is 11.4. The van der Waals surface area contributed by atoms with Crippen molar-refractivity contribution >= 4 is 0 Å². The Bertz CT molecular complexity index is 778. The zero-order valence-corrected chi connectivity index (χ0v) is 26.3. The van der Waals surface area contributed by atoms with E-state index in [1.165, 1.54) is 172 Å². The van der Waals surface area contributed by atoms with Gasteiger partial charge in [0.15, 0.2) is 0 Å². The van der Waals surface area contributed by atoms with Crippen molar-refractivity contribution in [3.8, 4) is 0 Å². The summed E-state index contributed by atoms with van der Waals surface area (Å²) in [5.41, 5.74) is 1.43. The Morgan fingerprint density at radius 2 is 0.949 bits per heavy atom. The minimum atomic E-state index is 1.05. The molecular weight excluding hydrogens is 472 g/mol. The normalized spacial score (nSPS) is 11.4. The first-order chi connectivity index (χ1) is 19.3. The van der Waals surface area contributed by atoms with Gasteiger partial charge in [-0.1, -0.05) is 166 Å². The maximum absolute atomic E-state index is 2.56. The summed E-state index contributed by atoms with van der Waals surface area (Å²) in [6, 6.07) is 11.1. The van der Waals surface area contributed by atoms with Gasteiger partial charge in [-0.05, 0) is 31.2 Å². The number of benzene rings is 1. The summed E-state index contributed by atoms with van der Waals surface area (Å²) in [6.07, 6.45) is 38.3. The van der Waals surface area contributed by atoms with Gasteiger partial charge in [0.2, 0.25) is 0 Å². The lowest BCUT2D eigenvalue weighted by Crippen LogP contribution is -2.37. The molecule has 1 aromatic carbocycles. The quantitative estimate of drug-likeness (QED) is 0.0791. The Labute approximate surface area is 244 Å². The van der Waals surface area contributed by atoms with Crippen LogP contribution in [0.4, 0.5) is 0 Å². The highest BCUT2D eigenvalue weighted by Gasteiger charge is 2.17. The molecule has 2 heteroatoms. The zero-order chi connectivity index (χ0) is 27.6. The van der Waals surface area contributed by atoms with Crippen LogP contribution in [0.1, 0.15) is 173 Å². The van der Waals surface area contributed by atoms with Crippen LogP contribution < -0.4 is 4.57 Å². The Kier molecular flexibility index (Phi) is 20.9. The van der Waals surface area contributed by atoms with Crippen molar-refractivity contribution in [1.82, 2.24) is 4.57 Å². The average Bonchev–Trinajstić information content (AvgIpc) is 3.33. The molecule has 0 aliphatic rings. The van der Waals surface area contributed by atoms with E-state index in [0.29, 0.717) is 0 Å². The lowest BCUT2D eigenvalue weighted by Gasteiger charge is -2.07. The number of imidazole rings is 1. The maximum atomic E-state index is 2.56. The van der Waals surface area contributed by atoms with Crippen LogP contribution in [-0.2, 0) is 19.5 Å². The van der Waals surface area contributed by atoms with E-state index in [1.54, 1.807) is 0 Å². The van der Waals surface area contributed by atoms with Gasteiger partial charge in [0.25, 0.3) is 5.82 Å². The van der Waals surface area contributed by atoms with Crippen LogP contribution in [0.3, 0.4) is 0 Å². The zero-order valence-electron chi connectivity index (χ0n) is 26.3. The highest BCUT2D eigenvalue weighted by atomic mass is 15.1. The summed E-state index contributed by atoms with van der Waals surface area (Å²) in [6.45, 7) is 6.95. The van der Waals surface area contributed by atoms with Crippen molar-refractivity contribution in [3.05, 3.63) is 54.1 Å². The van der Waals surface area contributed by atoms with Crippen molar-refractivity contribution in [3.63, 3.8) is 0 Å². The van der Waals surface area contributed by atoms with Crippen LogP contribution in [-0.4, -0.2) is 4.57 Å². The van der Waals surface area contributed by atoms with E-state index in [0.717, 1.165) is 6.42 Å². The van der Waals surface area contributed by atoms with Crippen molar-refractivity contribution in [2.24, 2.45) is 0 Å². The molecule has 0 spiro atoms. The molecule has 0 saturated heterocycles. The monoisotopic (exact) mass is 538 g/mol. The largest absolute Gasteiger partial charge is 0.260 e. The van der Waals surface area contributed by atoms with Gasteiger partial charge in [-0.2, -0.15) is 0 Å². The lowest BCUT2D eigenvalue weighted by atomic mass is 10.0. The van der Waals surface area contributed by atoms with Crippen LogP contribution in [0.25, 0.3) is 0 Å². The topological polar surface area (TPSA) is 8.81 Å². The van der Waals surface area contributed by atoms with Crippen molar-refractivity contribution in [1.29, 1.82) is 0 Å². The Morgan fingerprint density at radius 1 is 0.513 bits per heavy atom. The molecular formula is C37H65N2+. The van der Waals surface area contributed by atoms with Crippen LogP contribution in [0.15, 0.2) is 42.7 Å².